The largest absolute Gasteiger partial charge is 0.329 e. The van der Waals surface area contributed by atoms with Gasteiger partial charge in [-0.05, 0) is 31.5 Å². The Kier molecular flexibility index (Phi) is 2.98. The van der Waals surface area contributed by atoms with Crippen molar-refractivity contribution < 1.29 is 0 Å². The Morgan fingerprint density at radius 2 is 1.96 bits per heavy atom. The predicted molar refractivity (Wildman–Crippen MR) is 92.4 cm³/mol. The number of fused-ring (bicyclic) bond motifs is 3. The number of halogens is 1. The zero-order valence-electron chi connectivity index (χ0n) is 13.3. The smallest absolute Gasteiger partial charge is 0.283 e. The number of H-pyrrole nitrogens is 1. The summed E-state index contributed by atoms with van der Waals surface area (Å²) in [6.07, 6.45) is 1.82. The lowest BCUT2D eigenvalue weighted by molar-refractivity contribution is 0.831. The van der Waals surface area contributed by atoms with Gasteiger partial charge in [0.1, 0.15) is 0 Å². The number of aromatic nitrogens is 5. The molecular weight excluding hydrogens is 330 g/mol. The number of nitrogens with one attached hydrogen (secondary N) is 1. The summed E-state index contributed by atoms with van der Waals surface area (Å²) >= 11 is 6.24. The van der Waals surface area contributed by atoms with Crippen LogP contribution in [0.4, 0.5) is 0 Å². The summed E-state index contributed by atoms with van der Waals surface area (Å²) < 4.78 is 4.91. The first kappa shape index (κ1) is 14.8. The lowest BCUT2D eigenvalue weighted by Gasteiger charge is -2.07. The molecular formula is C16H14ClN5O2. The van der Waals surface area contributed by atoms with E-state index in [2.05, 4.69) is 9.97 Å². The molecule has 0 aliphatic carbocycles. The normalized spacial score (nSPS) is 11.7. The Balaban J connectivity index is 2.16. The molecule has 8 heteroatoms. The van der Waals surface area contributed by atoms with Crippen molar-refractivity contribution in [1.82, 2.24) is 23.5 Å². The van der Waals surface area contributed by atoms with Gasteiger partial charge in [-0.3, -0.25) is 23.3 Å². The van der Waals surface area contributed by atoms with Gasteiger partial charge in [-0.25, -0.2) is 4.79 Å². The lowest BCUT2D eigenvalue weighted by atomic mass is 10.2. The quantitative estimate of drug-likeness (QED) is 0.573. The van der Waals surface area contributed by atoms with E-state index in [0.29, 0.717) is 22.0 Å². The van der Waals surface area contributed by atoms with Crippen molar-refractivity contribution in [2.45, 2.75) is 13.8 Å². The summed E-state index contributed by atoms with van der Waals surface area (Å²) in [7, 11) is 1.58. The second kappa shape index (κ2) is 4.85. The molecule has 0 aliphatic heterocycles. The van der Waals surface area contributed by atoms with Crippen LogP contribution in [0.1, 0.15) is 11.3 Å². The zero-order valence-corrected chi connectivity index (χ0v) is 14.0. The molecule has 1 aromatic carbocycles. The first-order valence-electron chi connectivity index (χ1n) is 7.34. The van der Waals surface area contributed by atoms with Crippen LogP contribution in [0.25, 0.3) is 22.6 Å². The third kappa shape index (κ3) is 1.88. The van der Waals surface area contributed by atoms with Crippen molar-refractivity contribution in [3.63, 3.8) is 0 Å². The van der Waals surface area contributed by atoms with E-state index in [1.807, 2.05) is 42.8 Å². The van der Waals surface area contributed by atoms with Gasteiger partial charge in [0, 0.05) is 24.0 Å². The van der Waals surface area contributed by atoms with Gasteiger partial charge in [-0.2, -0.15) is 4.98 Å². The molecule has 0 spiro atoms. The van der Waals surface area contributed by atoms with E-state index in [1.165, 1.54) is 4.57 Å². The van der Waals surface area contributed by atoms with Crippen molar-refractivity contribution in [3.8, 4) is 5.69 Å². The van der Waals surface area contributed by atoms with Gasteiger partial charge in [0.15, 0.2) is 11.2 Å². The average Bonchev–Trinajstić information content (AvgIpc) is 3.03. The number of rotatable bonds is 1. The number of benzene rings is 1. The molecule has 24 heavy (non-hydrogen) atoms. The standard InChI is InChI=1S/C16H14ClN5O2/c1-8-4-5-10(6-11(8)17)22-9(2)7-21-12-13(18-15(21)22)20(3)16(24)19-14(12)23/h4-7H,1-3H3,(H,19,23,24). The molecule has 0 saturated carbocycles. The lowest BCUT2D eigenvalue weighted by Crippen LogP contribution is -2.28. The number of aryl methyl sites for hydroxylation is 3. The number of nitrogens with zero attached hydrogens (tertiary/aromatic N) is 4. The molecule has 3 aromatic heterocycles. The Labute approximate surface area is 140 Å². The van der Waals surface area contributed by atoms with Crippen LogP contribution >= 0.6 is 11.6 Å². The highest BCUT2D eigenvalue weighted by atomic mass is 35.5. The molecule has 122 valence electrons. The summed E-state index contributed by atoms with van der Waals surface area (Å²) in [5, 5.41) is 0.653. The first-order chi connectivity index (χ1) is 11.4. The molecule has 0 atom stereocenters. The summed E-state index contributed by atoms with van der Waals surface area (Å²) in [4.78, 5) is 30.8. The maximum absolute atomic E-state index is 12.2. The maximum atomic E-state index is 12.2. The minimum absolute atomic E-state index is 0.339. The molecule has 0 radical (unpaired) electrons. The van der Waals surface area contributed by atoms with Gasteiger partial charge < -0.3 is 0 Å². The van der Waals surface area contributed by atoms with Gasteiger partial charge in [-0.1, -0.05) is 17.7 Å². The molecule has 0 unspecified atom stereocenters. The number of hydrogen-bond donors (Lipinski definition) is 1. The first-order valence-corrected chi connectivity index (χ1v) is 7.72. The average molecular weight is 344 g/mol. The van der Waals surface area contributed by atoms with Crippen LogP contribution in [-0.2, 0) is 7.05 Å². The van der Waals surface area contributed by atoms with Crippen LogP contribution < -0.4 is 11.2 Å². The van der Waals surface area contributed by atoms with Crippen molar-refractivity contribution >= 4 is 28.5 Å². The summed E-state index contributed by atoms with van der Waals surface area (Å²) in [6, 6.07) is 5.72. The van der Waals surface area contributed by atoms with Crippen LogP contribution in [0.3, 0.4) is 0 Å². The predicted octanol–water partition coefficient (Wildman–Crippen LogP) is 1.94. The summed E-state index contributed by atoms with van der Waals surface area (Å²) in [6.45, 7) is 3.85. The molecule has 0 aliphatic rings. The summed E-state index contributed by atoms with van der Waals surface area (Å²) in [5.74, 6) is 0.550. The highest BCUT2D eigenvalue weighted by Gasteiger charge is 2.18. The second-order valence-corrected chi connectivity index (χ2v) is 6.22. The third-order valence-electron chi connectivity index (χ3n) is 4.21. The monoisotopic (exact) mass is 343 g/mol. The molecule has 4 rings (SSSR count). The minimum atomic E-state index is -0.491. The van der Waals surface area contributed by atoms with Crippen LogP contribution in [0, 0.1) is 13.8 Å². The van der Waals surface area contributed by atoms with Crippen molar-refractivity contribution in [2.24, 2.45) is 7.05 Å². The van der Waals surface area contributed by atoms with Gasteiger partial charge >= 0.3 is 5.69 Å². The fourth-order valence-corrected chi connectivity index (χ4v) is 3.09. The van der Waals surface area contributed by atoms with E-state index in [4.69, 9.17) is 11.6 Å². The number of imidazole rings is 2. The van der Waals surface area contributed by atoms with E-state index >= 15 is 0 Å². The van der Waals surface area contributed by atoms with Gasteiger partial charge in [0.2, 0.25) is 5.78 Å². The molecule has 3 heterocycles. The second-order valence-electron chi connectivity index (χ2n) is 5.81. The number of aromatic amines is 1. The molecule has 4 aromatic rings. The highest BCUT2D eigenvalue weighted by molar-refractivity contribution is 6.31. The Morgan fingerprint density at radius 1 is 1.21 bits per heavy atom. The highest BCUT2D eigenvalue weighted by Crippen LogP contribution is 2.24. The molecule has 0 fully saturated rings. The Morgan fingerprint density at radius 3 is 2.67 bits per heavy atom. The van der Waals surface area contributed by atoms with E-state index < -0.39 is 11.2 Å². The molecule has 7 nitrogen and oxygen atoms in total. The van der Waals surface area contributed by atoms with E-state index in [0.717, 1.165) is 16.9 Å². The van der Waals surface area contributed by atoms with Crippen LogP contribution in [0.15, 0.2) is 34.0 Å². The SMILES string of the molecule is Cc1ccc(-n2c(C)cn3c4c(=O)[nH]c(=O)n(C)c4nc23)cc1Cl. The van der Waals surface area contributed by atoms with Gasteiger partial charge in [-0.15, -0.1) is 0 Å². The van der Waals surface area contributed by atoms with Gasteiger partial charge in [0.05, 0.1) is 5.69 Å². The van der Waals surface area contributed by atoms with Crippen LogP contribution in [0.5, 0.6) is 0 Å². The van der Waals surface area contributed by atoms with E-state index in [1.54, 1.807) is 11.4 Å². The Bertz CT molecular complexity index is 1240. The van der Waals surface area contributed by atoms with Crippen LogP contribution in [0.2, 0.25) is 5.02 Å². The topological polar surface area (TPSA) is 77.1 Å². The molecule has 1 N–H and O–H groups in total. The van der Waals surface area contributed by atoms with Gasteiger partial charge in [0.25, 0.3) is 5.56 Å². The van der Waals surface area contributed by atoms with Crippen molar-refractivity contribution in [3.05, 3.63) is 61.5 Å². The third-order valence-corrected chi connectivity index (χ3v) is 4.62. The maximum Gasteiger partial charge on any atom is 0.329 e. The zero-order chi connectivity index (χ0) is 17.2. The fraction of sp³-hybridized carbons (Fsp3) is 0.188. The number of hydrogen-bond acceptors (Lipinski definition) is 3. The van der Waals surface area contributed by atoms with E-state index in [9.17, 15) is 9.59 Å². The summed E-state index contributed by atoms with van der Waals surface area (Å²) in [5.41, 5.74) is 2.45. The van der Waals surface area contributed by atoms with Crippen LogP contribution in [-0.4, -0.2) is 23.5 Å². The van der Waals surface area contributed by atoms with Crippen molar-refractivity contribution in [2.75, 3.05) is 0 Å². The van der Waals surface area contributed by atoms with E-state index in [-0.39, 0.29) is 0 Å². The van der Waals surface area contributed by atoms with Crippen molar-refractivity contribution in [1.29, 1.82) is 0 Å². The molecule has 0 bridgehead atoms. The molecule has 0 amide bonds. The minimum Gasteiger partial charge on any atom is -0.283 e. The molecule has 0 saturated heterocycles. The fourth-order valence-electron chi connectivity index (χ4n) is 2.91. The Hall–Kier alpha value is -2.80.